The van der Waals surface area contributed by atoms with Gasteiger partial charge in [0.05, 0.1) is 6.61 Å². The molecule has 3 nitrogen and oxygen atoms in total. The number of pyridine rings is 1. The van der Waals surface area contributed by atoms with Crippen molar-refractivity contribution in [2.75, 3.05) is 13.2 Å². The van der Waals surface area contributed by atoms with E-state index in [9.17, 15) is 0 Å². The number of ether oxygens (including phenoxy) is 2. The molecule has 11 heavy (non-hydrogen) atoms. The van der Waals surface area contributed by atoms with E-state index in [1.807, 2.05) is 18.2 Å². The minimum Gasteiger partial charge on any atom is -0.475 e. The van der Waals surface area contributed by atoms with E-state index in [0.29, 0.717) is 18.6 Å². The molecule has 0 amide bonds. The van der Waals surface area contributed by atoms with E-state index < -0.39 is 0 Å². The molecule has 0 aromatic carbocycles. The molecule has 1 aromatic rings. The molecule has 3 heteroatoms. The highest BCUT2D eigenvalue weighted by molar-refractivity contribution is 5.09. The molecule has 1 aromatic heterocycles. The average molecular weight is 151 g/mol. The number of aromatic nitrogens is 1. The molecule has 2 rings (SSSR count). The first kappa shape index (κ1) is 6.61. The van der Waals surface area contributed by atoms with Crippen LogP contribution in [0.1, 0.15) is 0 Å². The van der Waals surface area contributed by atoms with Crippen LogP contribution in [0, 0.1) is 0 Å². The van der Waals surface area contributed by atoms with E-state index in [-0.39, 0.29) is 0 Å². The lowest BCUT2D eigenvalue weighted by Gasteiger charge is -2.00. The molecule has 1 atom stereocenters. The number of hydrogen-bond acceptors (Lipinski definition) is 3. The third kappa shape index (κ3) is 1.91. The zero-order chi connectivity index (χ0) is 7.52. The predicted molar refractivity (Wildman–Crippen MR) is 39.5 cm³/mol. The molecule has 1 fully saturated rings. The average Bonchev–Trinajstić information content (AvgIpc) is 2.86. The van der Waals surface area contributed by atoms with Gasteiger partial charge in [0, 0.05) is 12.3 Å². The molecule has 0 spiro atoms. The fourth-order valence-electron chi connectivity index (χ4n) is 0.775. The first-order valence-electron chi connectivity index (χ1n) is 3.60. The monoisotopic (exact) mass is 151 g/mol. The summed E-state index contributed by atoms with van der Waals surface area (Å²) in [5.74, 6) is 0.669. The molecule has 0 saturated carbocycles. The summed E-state index contributed by atoms with van der Waals surface area (Å²) in [7, 11) is 0. The van der Waals surface area contributed by atoms with Crippen molar-refractivity contribution < 1.29 is 9.47 Å². The van der Waals surface area contributed by atoms with Gasteiger partial charge in [-0.15, -0.1) is 0 Å². The summed E-state index contributed by atoms with van der Waals surface area (Å²) in [4.78, 5) is 4.00. The Hall–Kier alpha value is -1.09. The molecule has 1 aliphatic rings. The van der Waals surface area contributed by atoms with Gasteiger partial charge in [0.2, 0.25) is 5.88 Å². The van der Waals surface area contributed by atoms with Crippen LogP contribution in [0.2, 0.25) is 0 Å². The Labute approximate surface area is 65.0 Å². The number of rotatable bonds is 3. The number of hydrogen-bond donors (Lipinski definition) is 0. The van der Waals surface area contributed by atoms with Crippen molar-refractivity contribution in [3.8, 4) is 5.88 Å². The zero-order valence-electron chi connectivity index (χ0n) is 6.06. The zero-order valence-corrected chi connectivity index (χ0v) is 6.06. The maximum atomic E-state index is 5.29. The maximum Gasteiger partial charge on any atom is 0.213 e. The molecule has 1 aliphatic heterocycles. The van der Waals surface area contributed by atoms with Crippen LogP contribution in [-0.4, -0.2) is 24.3 Å². The standard InChI is InChI=1S/C8H9NO2/c1-2-4-9-8(3-1)11-6-7-5-10-7/h1-4,7H,5-6H2/t7-/m1/s1. The van der Waals surface area contributed by atoms with Gasteiger partial charge in [-0.3, -0.25) is 0 Å². The van der Waals surface area contributed by atoms with Gasteiger partial charge < -0.3 is 9.47 Å². The van der Waals surface area contributed by atoms with Crippen molar-refractivity contribution in [3.63, 3.8) is 0 Å². The predicted octanol–water partition coefficient (Wildman–Crippen LogP) is 0.859. The van der Waals surface area contributed by atoms with Crippen LogP contribution in [0.3, 0.4) is 0 Å². The largest absolute Gasteiger partial charge is 0.475 e. The van der Waals surface area contributed by atoms with Gasteiger partial charge in [-0.1, -0.05) is 6.07 Å². The Morgan fingerprint density at radius 3 is 3.18 bits per heavy atom. The fraction of sp³-hybridized carbons (Fsp3) is 0.375. The lowest BCUT2D eigenvalue weighted by molar-refractivity contribution is 0.255. The summed E-state index contributed by atoms with van der Waals surface area (Å²) in [6.45, 7) is 1.45. The highest BCUT2D eigenvalue weighted by Gasteiger charge is 2.23. The molecule has 0 aliphatic carbocycles. The second-order valence-corrected chi connectivity index (χ2v) is 2.43. The summed E-state index contributed by atoms with van der Waals surface area (Å²) >= 11 is 0. The second kappa shape index (κ2) is 2.88. The lowest BCUT2D eigenvalue weighted by atomic mass is 10.5. The fourth-order valence-corrected chi connectivity index (χ4v) is 0.775. The van der Waals surface area contributed by atoms with Crippen LogP contribution in [0.15, 0.2) is 24.4 Å². The molecule has 0 radical (unpaired) electrons. The van der Waals surface area contributed by atoms with Crippen molar-refractivity contribution in [1.82, 2.24) is 4.98 Å². The van der Waals surface area contributed by atoms with Crippen molar-refractivity contribution in [3.05, 3.63) is 24.4 Å². The van der Waals surface area contributed by atoms with Crippen molar-refractivity contribution in [1.29, 1.82) is 0 Å². The van der Waals surface area contributed by atoms with Gasteiger partial charge in [0.15, 0.2) is 0 Å². The lowest BCUT2D eigenvalue weighted by Crippen LogP contribution is -2.04. The Bertz CT molecular complexity index is 221. The van der Waals surface area contributed by atoms with Gasteiger partial charge in [-0.05, 0) is 6.07 Å². The third-order valence-electron chi connectivity index (χ3n) is 1.46. The van der Waals surface area contributed by atoms with Crippen LogP contribution in [0.5, 0.6) is 5.88 Å². The third-order valence-corrected chi connectivity index (χ3v) is 1.46. The van der Waals surface area contributed by atoms with Crippen LogP contribution in [-0.2, 0) is 4.74 Å². The van der Waals surface area contributed by atoms with Crippen LogP contribution in [0.25, 0.3) is 0 Å². The van der Waals surface area contributed by atoms with Gasteiger partial charge in [0.1, 0.15) is 12.7 Å². The van der Waals surface area contributed by atoms with Crippen molar-refractivity contribution in [2.24, 2.45) is 0 Å². The van der Waals surface area contributed by atoms with Crippen LogP contribution < -0.4 is 4.74 Å². The minimum atomic E-state index is 0.303. The summed E-state index contributed by atoms with van der Waals surface area (Å²) in [6.07, 6.45) is 2.01. The summed E-state index contributed by atoms with van der Waals surface area (Å²) in [5, 5.41) is 0. The second-order valence-electron chi connectivity index (χ2n) is 2.43. The van der Waals surface area contributed by atoms with E-state index in [2.05, 4.69) is 4.98 Å². The van der Waals surface area contributed by atoms with Gasteiger partial charge >= 0.3 is 0 Å². The first-order chi connectivity index (χ1) is 5.45. The Balaban J connectivity index is 1.85. The Morgan fingerprint density at radius 2 is 2.55 bits per heavy atom. The first-order valence-corrected chi connectivity index (χ1v) is 3.60. The topological polar surface area (TPSA) is 34.6 Å². The van der Waals surface area contributed by atoms with Crippen LogP contribution in [0.4, 0.5) is 0 Å². The summed E-state index contributed by atoms with van der Waals surface area (Å²) in [5.41, 5.74) is 0. The molecule has 1 saturated heterocycles. The highest BCUT2D eigenvalue weighted by Crippen LogP contribution is 2.11. The van der Waals surface area contributed by atoms with Crippen molar-refractivity contribution >= 4 is 0 Å². The van der Waals surface area contributed by atoms with Crippen molar-refractivity contribution in [2.45, 2.75) is 6.10 Å². The van der Waals surface area contributed by atoms with Gasteiger partial charge in [-0.25, -0.2) is 4.98 Å². The van der Waals surface area contributed by atoms with Crippen LogP contribution >= 0.6 is 0 Å². The van der Waals surface area contributed by atoms with E-state index >= 15 is 0 Å². The summed E-state index contributed by atoms with van der Waals surface area (Å²) in [6, 6.07) is 5.60. The highest BCUT2D eigenvalue weighted by atomic mass is 16.6. The quantitative estimate of drug-likeness (QED) is 0.601. The SMILES string of the molecule is c1ccc(OC[C@H]2CO2)nc1. The number of nitrogens with zero attached hydrogens (tertiary/aromatic N) is 1. The normalized spacial score (nSPS) is 21.3. The molecule has 58 valence electrons. The van der Waals surface area contributed by atoms with E-state index in [4.69, 9.17) is 9.47 Å². The molecular formula is C8H9NO2. The number of epoxide rings is 1. The molecule has 0 unspecified atom stereocenters. The minimum absolute atomic E-state index is 0.303. The van der Waals surface area contributed by atoms with Gasteiger partial charge in [0.25, 0.3) is 0 Å². The molecule has 2 heterocycles. The maximum absolute atomic E-state index is 5.29. The summed E-state index contributed by atoms with van der Waals surface area (Å²) < 4.78 is 10.3. The molecule has 0 bridgehead atoms. The molecule has 0 N–H and O–H groups in total. The molecular weight excluding hydrogens is 142 g/mol. The Morgan fingerprint density at radius 1 is 1.64 bits per heavy atom. The van der Waals surface area contributed by atoms with E-state index in [1.54, 1.807) is 6.20 Å². The van der Waals surface area contributed by atoms with Gasteiger partial charge in [-0.2, -0.15) is 0 Å². The van der Waals surface area contributed by atoms with E-state index in [1.165, 1.54) is 0 Å². The van der Waals surface area contributed by atoms with E-state index in [0.717, 1.165) is 6.61 Å². The smallest absolute Gasteiger partial charge is 0.213 e. The Kier molecular flexibility index (Phi) is 1.73.